The van der Waals surface area contributed by atoms with E-state index in [1.54, 1.807) is 32.4 Å². The average molecular weight is 362 g/mol. The highest BCUT2D eigenvalue weighted by molar-refractivity contribution is 9.10. The van der Waals surface area contributed by atoms with Gasteiger partial charge in [0.2, 0.25) is 0 Å². The molecule has 5 nitrogen and oxygen atoms in total. The van der Waals surface area contributed by atoms with Crippen molar-refractivity contribution in [2.24, 2.45) is 0 Å². The summed E-state index contributed by atoms with van der Waals surface area (Å²) in [5.41, 5.74) is 0.504. The first-order valence-corrected chi connectivity index (χ1v) is 8.76. The SMILES string of the molecule is COc1ccc(C(=O)N(C)C2CCS(=O)(=O)C2)cc1Br. The molecule has 0 spiro atoms. The highest BCUT2D eigenvalue weighted by Crippen LogP contribution is 2.27. The third kappa shape index (κ3) is 3.15. The third-order valence-corrected chi connectivity index (χ3v) is 5.85. The lowest BCUT2D eigenvalue weighted by Crippen LogP contribution is -2.37. The Hall–Kier alpha value is -1.08. The molecule has 0 aliphatic carbocycles. The molecule has 1 heterocycles. The van der Waals surface area contributed by atoms with Crippen LogP contribution in [0.2, 0.25) is 0 Å². The van der Waals surface area contributed by atoms with Crippen molar-refractivity contribution in [3.8, 4) is 5.75 Å². The summed E-state index contributed by atoms with van der Waals surface area (Å²) in [5.74, 6) is 0.664. The number of benzene rings is 1. The first-order chi connectivity index (χ1) is 9.34. The molecule has 0 bridgehead atoms. The van der Waals surface area contributed by atoms with Gasteiger partial charge in [-0.2, -0.15) is 0 Å². The van der Waals surface area contributed by atoms with Gasteiger partial charge in [-0.15, -0.1) is 0 Å². The Morgan fingerprint density at radius 2 is 2.15 bits per heavy atom. The molecule has 1 aromatic rings. The van der Waals surface area contributed by atoms with E-state index in [1.165, 1.54) is 4.90 Å². The summed E-state index contributed by atoms with van der Waals surface area (Å²) in [6.45, 7) is 0. The molecule has 0 aromatic heterocycles. The fourth-order valence-electron chi connectivity index (χ4n) is 2.25. The minimum Gasteiger partial charge on any atom is -0.496 e. The molecule has 1 aliphatic heterocycles. The van der Waals surface area contributed by atoms with Crippen molar-refractivity contribution < 1.29 is 17.9 Å². The summed E-state index contributed by atoms with van der Waals surface area (Å²) < 4.78 is 28.8. The van der Waals surface area contributed by atoms with Gasteiger partial charge in [0.1, 0.15) is 5.75 Å². The average Bonchev–Trinajstić information content (AvgIpc) is 2.77. The van der Waals surface area contributed by atoms with Gasteiger partial charge in [0.25, 0.3) is 5.91 Å². The predicted octanol–water partition coefficient (Wildman–Crippen LogP) is 1.72. The van der Waals surface area contributed by atoms with Gasteiger partial charge in [-0.1, -0.05) is 0 Å². The fraction of sp³-hybridized carbons (Fsp3) is 0.462. The van der Waals surface area contributed by atoms with Gasteiger partial charge < -0.3 is 9.64 Å². The highest BCUT2D eigenvalue weighted by Gasteiger charge is 2.33. The second-order valence-electron chi connectivity index (χ2n) is 4.82. The molecule has 20 heavy (non-hydrogen) atoms. The lowest BCUT2D eigenvalue weighted by Gasteiger charge is -2.23. The van der Waals surface area contributed by atoms with E-state index in [0.29, 0.717) is 22.2 Å². The summed E-state index contributed by atoms with van der Waals surface area (Å²) in [4.78, 5) is 13.9. The molecular weight excluding hydrogens is 346 g/mol. The number of methoxy groups -OCH3 is 1. The van der Waals surface area contributed by atoms with Crippen LogP contribution < -0.4 is 4.74 Å². The van der Waals surface area contributed by atoms with Gasteiger partial charge in [0, 0.05) is 18.7 Å². The standard InChI is InChI=1S/C13H16BrNO4S/c1-15(10-5-6-20(17,18)8-10)13(16)9-3-4-12(19-2)11(14)7-9/h3-4,7,10H,5-6,8H2,1-2H3. The summed E-state index contributed by atoms with van der Waals surface area (Å²) in [6.07, 6.45) is 0.502. The van der Waals surface area contributed by atoms with Crippen LogP contribution in [0.15, 0.2) is 22.7 Å². The minimum atomic E-state index is -3.00. The van der Waals surface area contributed by atoms with E-state index in [4.69, 9.17) is 4.74 Å². The van der Waals surface area contributed by atoms with Gasteiger partial charge in [-0.3, -0.25) is 4.79 Å². The largest absolute Gasteiger partial charge is 0.496 e. The lowest BCUT2D eigenvalue weighted by molar-refractivity contribution is 0.0747. The Bertz CT molecular complexity index is 629. The van der Waals surface area contributed by atoms with E-state index in [9.17, 15) is 13.2 Å². The van der Waals surface area contributed by atoms with E-state index < -0.39 is 9.84 Å². The molecule has 7 heteroatoms. The summed E-state index contributed by atoms with van der Waals surface area (Å²) in [7, 11) is 0.199. The highest BCUT2D eigenvalue weighted by atomic mass is 79.9. The van der Waals surface area contributed by atoms with Gasteiger partial charge in [0.05, 0.1) is 23.1 Å². The van der Waals surface area contributed by atoms with E-state index in [2.05, 4.69) is 15.9 Å². The lowest BCUT2D eigenvalue weighted by atomic mass is 10.1. The summed E-state index contributed by atoms with van der Waals surface area (Å²) >= 11 is 3.33. The molecule has 0 N–H and O–H groups in total. The number of hydrogen-bond acceptors (Lipinski definition) is 4. The van der Waals surface area contributed by atoms with Crippen molar-refractivity contribution in [1.82, 2.24) is 4.90 Å². The number of carbonyl (C=O) groups excluding carboxylic acids is 1. The Balaban J connectivity index is 2.17. The maximum Gasteiger partial charge on any atom is 0.253 e. The van der Waals surface area contributed by atoms with E-state index in [1.807, 2.05) is 0 Å². The van der Waals surface area contributed by atoms with Crippen LogP contribution in [0.3, 0.4) is 0 Å². The Kier molecular flexibility index (Phi) is 4.39. The van der Waals surface area contributed by atoms with Crippen molar-refractivity contribution in [3.05, 3.63) is 28.2 Å². The Morgan fingerprint density at radius 1 is 1.45 bits per heavy atom. The monoisotopic (exact) mass is 361 g/mol. The number of rotatable bonds is 3. The quantitative estimate of drug-likeness (QED) is 0.822. The van der Waals surface area contributed by atoms with Crippen LogP contribution in [0.1, 0.15) is 16.8 Å². The van der Waals surface area contributed by atoms with Crippen LogP contribution in [0.25, 0.3) is 0 Å². The Morgan fingerprint density at radius 3 is 2.65 bits per heavy atom. The molecule has 1 fully saturated rings. The summed E-state index contributed by atoms with van der Waals surface area (Å²) in [6, 6.07) is 4.82. The normalized spacial score (nSPS) is 20.6. The zero-order valence-corrected chi connectivity index (χ0v) is 13.7. The van der Waals surface area contributed by atoms with Crippen LogP contribution in [-0.2, 0) is 9.84 Å². The predicted molar refractivity (Wildman–Crippen MR) is 79.8 cm³/mol. The maximum absolute atomic E-state index is 12.4. The maximum atomic E-state index is 12.4. The number of amides is 1. The molecule has 1 amide bonds. The second kappa shape index (κ2) is 5.73. The van der Waals surface area contributed by atoms with Crippen LogP contribution in [-0.4, -0.2) is 50.9 Å². The van der Waals surface area contributed by atoms with Crippen molar-refractivity contribution in [2.75, 3.05) is 25.7 Å². The van der Waals surface area contributed by atoms with Gasteiger partial charge >= 0.3 is 0 Å². The van der Waals surface area contributed by atoms with Crippen LogP contribution in [0.4, 0.5) is 0 Å². The van der Waals surface area contributed by atoms with E-state index in [-0.39, 0.29) is 23.5 Å². The molecular formula is C13H16BrNO4S. The van der Waals surface area contributed by atoms with Crippen LogP contribution in [0.5, 0.6) is 5.75 Å². The molecule has 2 rings (SSSR count). The number of sulfone groups is 1. The zero-order valence-electron chi connectivity index (χ0n) is 11.3. The number of carbonyl (C=O) groups is 1. The molecule has 0 saturated carbocycles. The smallest absolute Gasteiger partial charge is 0.253 e. The Labute approximate surface area is 127 Å². The number of nitrogens with zero attached hydrogens (tertiary/aromatic N) is 1. The first kappa shape index (κ1) is 15.3. The molecule has 1 saturated heterocycles. The number of ether oxygens (including phenoxy) is 1. The topological polar surface area (TPSA) is 63.7 Å². The van der Waals surface area contributed by atoms with Gasteiger partial charge in [0.15, 0.2) is 9.84 Å². The van der Waals surface area contributed by atoms with E-state index >= 15 is 0 Å². The molecule has 0 radical (unpaired) electrons. The number of halogens is 1. The molecule has 1 atom stereocenters. The first-order valence-electron chi connectivity index (χ1n) is 6.15. The minimum absolute atomic E-state index is 0.0482. The van der Waals surface area contributed by atoms with Crippen molar-refractivity contribution in [2.45, 2.75) is 12.5 Å². The molecule has 1 aliphatic rings. The summed E-state index contributed by atoms with van der Waals surface area (Å²) in [5, 5.41) is 0. The van der Waals surface area contributed by atoms with Gasteiger partial charge in [-0.25, -0.2) is 8.42 Å². The molecule has 1 unspecified atom stereocenters. The van der Waals surface area contributed by atoms with Crippen molar-refractivity contribution in [1.29, 1.82) is 0 Å². The zero-order chi connectivity index (χ0) is 14.9. The number of hydrogen-bond donors (Lipinski definition) is 0. The van der Waals surface area contributed by atoms with Crippen molar-refractivity contribution >= 4 is 31.7 Å². The molecule has 1 aromatic carbocycles. The molecule has 110 valence electrons. The van der Waals surface area contributed by atoms with Crippen molar-refractivity contribution in [3.63, 3.8) is 0 Å². The van der Waals surface area contributed by atoms with Crippen LogP contribution >= 0.6 is 15.9 Å². The second-order valence-corrected chi connectivity index (χ2v) is 7.91. The third-order valence-electron chi connectivity index (χ3n) is 3.48. The van der Waals surface area contributed by atoms with Gasteiger partial charge in [-0.05, 0) is 40.5 Å². The van der Waals surface area contributed by atoms with Crippen LogP contribution in [0, 0.1) is 0 Å². The van der Waals surface area contributed by atoms with E-state index in [0.717, 1.165) is 0 Å². The fourth-order valence-corrected chi connectivity index (χ4v) is 4.56.